The molecule has 1 heterocycles. The van der Waals surface area contributed by atoms with Crippen molar-refractivity contribution in [3.63, 3.8) is 0 Å². The van der Waals surface area contributed by atoms with Crippen LogP contribution in [0.25, 0.3) is 5.69 Å². The zero-order valence-corrected chi connectivity index (χ0v) is 12.4. The molecule has 0 bridgehead atoms. The third kappa shape index (κ3) is 2.68. The molecule has 2 aromatic rings. The number of hydrogen-bond acceptors (Lipinski definition) is 2. The summed E-state index contributed by atoms with van der Waals surface area (Å²) in [6, 6.07) is 8.12. The highest BCUT2D eigenvalue weighted by molar-refractivity contribution is 9.10. The molecule has 1 aliphatic carbocycles. The third-order valence-corrected chi connectivity index (χ3v) is 4.33. The van der Waals surface area contributed by atoms with Gasteiger partial charge in [-0.25, -0.2) is 4.68 Å². The summed E-state index contributed by atoms with van der Waals surface area (Å²) < 4.78 is 2.95. The number of anilines is 1. The van der Waals surface area contributed by atoms with Gasteiger partial charge in [-0.3, -0.25) is 0 Å². The predicted molar refractivity (Wildman–Crippen MR) is 81.5 cm³/mol. The Morgan fingerprint density at radius 2 is 2.00 bits per heavy atom. The van der Waals surface area contributed by atoms with Crippen LogP contribution < -0.4 is 5.73 Å². The van der Waals surface area contributed by atoms with Gasteiger partial charge in [-0.05, 0) is 31.0 Å². The quantitative estimate of drug-likeness (QED) is 0.898. The molecule has 1 aromatic heterocycles. The Hall–Kier alpha value is -1.29. The number of nitrogens with zero attached hydrogens (tertiary/aromatic N) is 2. The lowest BCUT2D eigenvalue weighted by molar-refractivity contribution is 0.435. The summed E-state index contributed by atoms with van der Waals surface area (Å²) in [5.74, 6) is 0.544. The molecule has 0 spiro atoms. The number of nitrogens with two attached hydrogens (primary N) is 1. The molecule has 1 fully saturated rings. The molecule has 100 valence electrons. The summed E-state index contributed by atoms with van der Waals surface area (Å²) in [5.41, 5.74) is 9.11. The minimum absolute atomic E-state index is 0.544. The SMILES string of the molecule is Nc1cn(-c2cccc(Br)c2)nc1C1CCCCC1. The average molecular weight is 320 g/mol. The van der Waals surface area contributed by atoms with Gasteiger partial charge in [0, 0.05) is 10.4 Å². The van der Waals surface area contributed by atoms with Crippen LogP contribution in [-0.2, 0) is 0 Å². The van der Waals surface area contributed by atoms with E-state index in [-0.39, 0.29) is 0 Å². The van der Waals surface area contributed by atoms with Crippen molar-refractivity contribution in [2.24, 2.45) is 0 Å². The number of halogens is 1. The fourth-order valence-corrected chi connectivity index (χ4v) is 3.23. The molecule has 3 rings (SSSR count). The minimum Gasteiger partial charge on any atom is -0.396 e. The summed E-state index contributed by atoms with van der Waals surface area (Å²) >= 11 is 3.49. The van der Waals surface area contributed by atoms with Crippen LogP contribution in [0.1, 0.15) is 43.7 Å². The van der Waals surface area contributed by atoms with Crippen molar-refractivity contribution in [1.29, 1.82) is 0 Å². The van der Waals surface area contributed by atoms with Crippen LogP contribution in [-0.4, -0.2) is 9.78 Å². The van der Waals surface area contributed by atoms with Crippen molar-refractivity contribution in [3.05, 3.63) is 40.6 Å². The lowest BCUT2D eigenvalue weighted by Gasteiger charge is -2.20. The lowest BCUT2D eigenvalue weighted by atomic mass is 9.86. The van der Waals surface area contributed by atoms with Gasteiger partial charge in [0.25, 0.3) is 0 Å². The Morgan fingerprint density at radius 3 is 2.74 bits per heavy atom. The molecule has 0 unspecified atom stereocenters. The molecule has 1 aromatic carbocycles. The Bertz CT molecular complexity index is 571. The van der Waals surface area contributed by atoms with E-state index >= 15 is 0 Å². The van der Waals surface area contributed by atoms with Gasteiger partial charge in [0.05, 0.1) is 23.3 Å². The van der Waals surface area contributed by atoms with E-state index in [9.17, 15) is 0 Å². The van der Waals surface area contributed by atoms with E-state index in [1.807, 2.05) is 29.1 Å². The third-order valence-electron chi connectivity index (χ3n) is 3.84. The molecule has 1 aliphatic rings. The Balaban J connectivity index is 1.92. The highest BCUT2D eigenvalue weighted by Crippen LogP contribution is 2.34. The van der Waals surface area contributed by atoms with Crippen LogP contribution in [0.2, 0.25) is 0 Å². The molecule has 4 heteroatoms. The maximum Gasteiger partial charge on any atom is 0.0889 e. The topological polar surface area (TPSA) is 43.8 Å². The van der Waals surface area contributed by atoms with Crippen molar-refractivity contribution in [1.82, 2.24) is 9.78 Å². The van der Waals surface area contributed by atoms with Gasteiger partial charge in [-0.2, -0.15) is 5.10 Å². The number of aromatic nitrogens is 2. The highest BCUT2D eigenvalue weighted by atomic mass is 79.9. The van der Waals surface area contributed by atoms with E-state index in [0.29, 0.717) is 5.92 Å². The van der Waals surface area contributed by atoms with Crippen molar-refractivity contribution in [2.75, 3.05) is 5.73 Å². The van der Waals surface area contributed by atoms with Gasteiger partial charge in [0.2, 0.25) is 0 Å². The Labute approximate surface area is 121 Å². The largest absolute Gasteiger partial charge is 0.396 e. The van der Waals surface area contributed by atoms with Crippen LogP contribution in [0, 0.1) is 0 Å². The van der Waals surface area contributed by atoms with Gasteiger partial charge in [-0.1, -0.05) is 41.3 Å². The first kappa shape index (κ1) is 12.7. The summed E-state index contributed by atoms with van der Waals surface area (Å²) in [6.45, 7) is 0. The standard InChI is InChI=1S/C15H18BrN3/c16-12-7-4-8-13(9-12)19-10-14(17)15(18-19)11-5-2-1-3-6-11/h4,7-11H,1-3,5-6,17H2. The second-order valence-corrected chi connectivity index (χ2v) is 6.14. The first-order valence-corrected chi connectivity index (χ1v) is 7.64. The van der Waals surface area contributed by atoms with Gasteiger partial charge < -0.3 is 5.73 Å². The van der Waals surface area contributed by atoms with E-state index in [1.165, 1.54) is 32.1 Å². The van der Waals surface area contributed by atoms with Crippen LogP contribution in [0.3, 0.4) is 0 Å². The van der Waals surface area contributed by atoms with Crippen molar-refractivity contribution < 1.29 is 0 Å². The highest BCUT2D eigenvalue weighted by Gasteiger charge is 2.21. The molecule has 1 saturated carbocycles. The normalized spacial score (nSPS) is 16.7. The molecule has 0 aliphatic heterocycles. The van der Waals surface area contributed by atoms with Gasteiger partial charge in [0.1, 0.15) is 0 Å². The van der Waals surface area contributed by atoms with Gasteiger partial charge >= 0.3 is 0 Å². The number of rotatable bonds is 2. The van der Waals surface area contributed by atoms with Crippen molar-refractivity contribution in [3.8, 4) is 5.69 Å². The number of nitrogen functional groups attached to an aromatic ring is 1. The molecule has 19 heavy (non-hydrogen) atoms. The van der Waals surface area contributed by atoms with E-state index in [2.05, 4.69) is 22.0 Å². The first-order chi connectivity index (χ1) is 9.24. The molecule has 0 saturated heterocycles. The number of hydrogen-bond donors (Lipinski definition) is 1. The Kier molecular flexibility index (Phi) is 3.60. The Morgan fingerprint density at radius 1 is 1.21 bits per heavy atom. The maximum atomic E-state index is 6.15. The van der Waals surface area contributed by atoms with Crippen LogP contribution in [0.4, 0.5) is 5.69 Å². The maximum absolute atomic E-state index is 6.15. The van der Waals surface area contributed by atoms with Crippen LogP contribution >= 0.6 is 15.9 Å². The van der Waals surface area contributed by atoms with Gasteiger partial charge in [0.15, 0.2) is 0 Å². The molecule has 3 nitrogen and oxygen atoms in total. The summed E-state index contributed by atoms with van der Waals surface area (Å²) in [4.78, 5) is 0. The molecule has 0 amide bonds. The number of benzene rings is 1. The zero-order chi connectivity index (χ0) is 13.2. The average Bonchev–Trinajstić information content (AvgIpc) is 2.82. The molecule has 0 atom stereocenters. The van der Waals surface area contributed by atoms with Gasteiger partial charge in [-0.15, -0.1) is 0 Å². The minimum atomic E-state index is 0.544. The molecular formula is C15H18BrN3. The second kappa shape index (κ2) is 5.37. The van der Waals surface area contributed by atoms with Crippen molar-refractivity contribution >= 4 is 21.6 Å². The van der Waals surface area contributed by atoms with Crippen molar-refractivity contribution in [2.45, 2.75) is 38.0 Å². The monoisotopic (exact) mass is 319 g/mol. The lowest BCUT2D eigenvalue weighted by Crippen LogP contribution is -2.07. The predicted octanol–water partition coefficient (Wildman–Crippen LogP) is 4.26. The van der Waals surface area contributed by atoms with E-state index in [4.69, 9.17) is 10.8 Å². The molecular weight excluding hydrogens is 302 g/mol. The summed E-state index contributed by atoms with van der Waals surface area (Å²) in [6.07, 6.45) is 8.33. The molecule has 0 radical (unpaired) electrons. The van der Waals surface area contributed by atoms with Crippen LogP contribution in [0.15, 0.2) is 34.9 Å². The zero-order valence-electron chi connectivity index (χ0n) is 10.8. The van der Waals surface area contributed by atoms with E-state index < -0.39 is 0 Å². The summed E-state index contributed by atoms with van der Waals surface area (Å²) in [5, 5.41) is 4.72. The van der Waals surface area contributed by atoms with E-state index in [0.717, 1.165) is 21.5 Å². The first-order valence-electron chi connectivity index (χ1n) is 6.85. The fourth-order valence-electron chi connectivity index (χ4n) is 2.84. The van der Waals surface area contributed by atoms with E-state index in [1.54, 1.807) is 0 Å². The second-order valence-electron chi connectivity index (χ2n) is 5.23. The smallest absolute Gasteiger partial charge is 0.0889 e. The molecule has 2 N–H and O–H groups in total. The fraction of sp³-hybridized carbons (Fsp3) is 0.400. The van der Waals surface area contributed by atoms with Crippen LogP contribution in [0.5, 0.6) is 0 Å². The summed E-state index contributed by atoms with van der Waals surface area (Å²) in [7, 11) is 0.